The molecular weight excluding hydrogens is 220 g/mol. The van der Waals surface area contributed by atoms with Crippen LogP contribution in [0.25, 0.3) is 10.9 Å². The first-order valence-electron chi connectivity index (χ1n) is 5.08. The van der Waals surface area contributed by atoms with E-state index in [1.807, 2.05) is 24.3 Å². The predicted octanol–water partition coefficient (Wildman–Crippen LogP) is 2.56. The molecule has 0 bridgehead atoms. The van der Waals surface area contributed by atoms with Gasteiger partial charge in [-0.1, -0.05) is 12.1 Å². The summed E-state index contributed by atoms with van der Waals surface area (Å²) < 4.78 is 5.68. The molecule has 1 aromatic heterocycles. The average molecular weight is 234 g/mol. The second-order valence-electron chi connectivity index (χ2n) is 3.41. The highest BCUT2D eigenvalue weighted by Crippen LogP contribution is 2.24. The van der Waals surface area contributed by atoms with Crippen LogP contribution in [0.3, 0.4) is 0 Å². The Hall–Kier alpha value is -1.42. The predicted molar refractivity (Wildman–Crippen MR) is 70.0 cm³/mol. The van der Waals surface area contributed by atoms with Crippen LogP contribution in [0.2, 0.25) is 0 Å². The van der Waals surface area contributed by atoms with Crippen molar-refractivity contribution < 1.29 is 4.74 Å². The summed E-state index contributed by atoms with van der Waals surface area (Å²) in [6.45, 7) is 0.691. The molecule has 0 amide bonds. The van der Waals surface area contributed by atoms with Gasteiger partial charge in [0.2, 0.25) is 0 Å². The van der Waals surface area contributed by atoms with Crippen LogP contribution in [0.1, 0.15) is 0 Å². The van der Waals surface area contributed by atoms with Gasteiger partial charge in [-0.05, 0) is 24.5 Å². The van der Waals surface area contributed by atoms with E-state index in [9.17, 15) is 0 Å². The third-order valence-electron chi connectivity index (χ3n) is 2.25. The maximum Gasteiger partial charge on any atom is 0.145 e. The molecule has 0 unspecified atom stereocenters. The summed E-state index contributed by atoms with van der Waals surface area (Å²) in [7, 11) is 0. The first kappa shape index (κ1) is 11.1. The molecule has 0 spiro atoms. The van der Waals surface area contributed by atoms with Gasteiger partial charge in [0.05, 0.1) is 6.61 Å². The minimum absolute atomic E-state index is 0.522. The number of anilines is 1. The van der Waals surface area contributed by atoms with Crippen molar-refractivity contribution in [2.45, 2.75) is 0 Å². The van der Waals surface area contributed by atoms with Crippen molar-refractivity contribution in [3.05, 3.63) is 30.3 Å². The fourth-order valence-corrected chi connectivity index (χ4v) is 1.74. The number of aromatic nitrogens is 1. The van der Waals surface area contributed by atoms with Crippen LogP contribution in [-0.2, 0) is 0 Å². The van der Waals surface area contributed by atoms with Gasteiger partial charge < -0.3 is 10.5 Å². The lowest BCUT2D eigenvalue weighted by atomic mass is 10.2. The van der Waals surface area contributed by atoms with E-state index in [2.05, 4.69) is 11.2 Å². The molecule has 0 saturated heterocycles. The summed E-state index contributed by atoms with van der Waals surface area (Å²) in [6.07, 6.45) is 2.06. The second kappa shape index (κ2) is 5.07. The highest BCUT2D eigenvalue weighted by Gasteiger charge is 2.03. The van der Waals surface area contributed by atoms with Gasteiger partial charge in [0.15, 0.2) is 0 Å². The fraction of sp³-hybridized carbons (Fsp3) is 0.250. The molecule has 2 aromatic rings. The Labute approximate surface area is 99.0 Å². The van der Waals surface area contributed by atoms with Gasteiger partial charge in [0, 0.05) is 11.1 Å². The summed E-state index contributed by atoms with van der Waals surface area (Å²) in [5.74, 6) is 2.30. The molecule has 0 saturated carbocycles. The molecule has 1 aromatic carbocycles. The van der Waals surface area contributed by atoms with Crippen LogP contribution >= 0.6 is 11.8 Å². The number of hydrogen-bond donors (Lipinski definition) is 1. The maximum atomic E-state index is 5.68. The molecular formula is C12H14N2OS. The molecule has 4 heteroatoms. The molecule has 2 N–H and O–H groups in total. The number of fused-ring (bicyclic) bond motifs is 1. The molecule has 0 atom stereocenters. The van der Waals surface area contributed by atoms with Gasteiger partial charge in [-0.25, -0.2) is 4.98 Å². The molecule has 0 aliphatic rings. The minimum Gasteiger partial charge on any atom is -0.490 e. The van der Waals surface area contributed by atoms with Crippen molar-refractivity contribution in [1.29, 1.82) is 0 Å². The number of para-hydroxylation sites is 1. The van der Waals surface area contributed by atoms with E-state index in [1.54, 1.807) is 17.8 Å². The third-order valence-corrected chi connectivity index (χ3v) is 2.82. The topological polar surface area (TPSA) is 48.1 Å². The zero-order valence-corrected chi connectivity index (χ0v) is 9.96. The van der Waals surface area contributed by atoms with Gasteiger partial charge in [0.1, 0.15) is 17.1 Å². The van der Waals surface area contributed by atoms with E-state index >= 15 is 0 Å². The summed E-state index contributed by atoms with van der Waals surface area (Å²) >= 11 is 1.76. The average Bonchev–Trinajstić information content (AvgIpc) is 2.30. The van der Waals surface area contributed by atoms with Crippen molar-refractivity contribution in [1.82, 2.24) is 4.98 Å². The van der Waals surface area contributed by atoms with E-state index in [0.29, 0.717) is 12.4 Å². The van der Waals surface area contributed by atoms with Crippen molar-refractivity contribution in [3.8, 4) is 5.75 Å². The number of pyridine rings is 1. The molecule has 0 aliphatic heterocycles. The van der Waals surface area contributed by atoms with Gasteiger partial charge in [-0.2, -0.15) is 11.8 Å². The Kier molecular flexibility index (Phi) is 3.51. The largest absolute Gasteiger partial charge is 0.490 e. The zero-order chi connectivity index (χ0) is 11.4. The lowest BCUT2D eigenvalue weighted by Gasteiger charge is -2.08. The number of hydrogen-bond acceptors (Lipinski definition) is 4. The van der Waals surface area contributed by atoms with Crippen LogP contribution in [-0.4, -0.2) is 23.6 Å². The van der Waals surface area contributed by atoms with E-state index < -0.39 is 0 Å². The van der Waals surface area contributed by atoms with Crippen LogP contribution in [0.4, 0.5) is 5.82 Å². The molecule has 0 aliphatic carbocycles. The zero-order valence-electron chi connectivity index (χ0n) is 9.14. The highest BCUT2D eigenvalue weighted by atomic mass is 32.2. The maximum absolute atomic E-state index is 5.68. The van der Waals surface area contributed by atoms with Crippen LogP contribution in [0.5, 0.6) is 5.75 Å². The standard InChI is InChI=1S/C12H14N2OS/c1-16-8-7-15-10-4-2-3-9-5-6-11(13)14-12(9)10/h2-6H,7-8H2,1H3,(H2,13,14). The minimum atomic E-state index is 0.522. The van der Waals surface area contributed by atoms with Gasteiger partial charge in [-0.15, -0.1) is 0 Å². The van der Waals surface area contributed by atoms with E-state index in [1.165, 1.54) is 0 Å². The van der Waals surface area contributed by atoms with Crippen LogP contribution < -0.4 is 10.5 Å². The lowest BCUT2D eigenvalue weighted by Crippen LogP contribution is -2.01. The van der Waals surface area contributed by atoms with Gasteiger partial charge >= 0.3 is 0 Å². The molecule has 16 heavy (non-hydrogen) atoms. The number of nitrogens with zero attached hydrogens (tertiary/aromatic N) is 1. The number of ether oxygens (including phenoxy) is 1. The molecule has 1 heterocycles. The quantitative estimate of drug-likeness (QED) is 0.826. The van der Waals surface area contributed by atoms with Crippen LogP contribution in [0.15, 0.2) is 30.3 Å². The Morgan fingerprint density at radius 3 is 3.00 bits per heavy atom. The van der Waals surface area contributed by atoms with Crippen molar-refractivity contribution >= 4 is 28.5 Å². The number of rotatable bonds is 4. The Morgan fingerprint density at radius 2 is 2.19 bits per heavy atom. The van der Waals surface area contributed by atoms with Crippen LogP contribution in [0, 0.1) is 0 Å². The summed E-state index contributed by atoms with van der Waals surface area (Å²) in [4.78, 5) is 4.30. The van der Waals surface area contributed by atoms with E-state index in [4.69, 9.17) is 10.5 Å². The van der Waals surface area contributed by atoms with Gasteiger partial charge in [-0.3, -0.25) is 0 Å². The molecule has 3 nitrogen and oxygen atoms in total. The number of nitrogen functional groups attached to an aromatic ring is 1. The number of nitrogens with two attached hydrogens (primary N) is 1. The Morgan fingerprint density at radius 1 is 1.31 bits per heavy atom. The molecule has 0 fully saturated rings. The fourth-order valence-electron chi connectivity index (χ4n) is 1.49. The molecule has 84 valence electrons. The monoisotopic (exact) mass is 234 g/mol. The van der Waals surface area contributed by atoms with E-state index in [-0.39, 0.29) is 0 Å². The van der Waals surface area contributed by atoms with Gasteiger partial charge in [0.25, 0.3) is 0 Å². The summed E-state index contributed by atoms with van der Waals surface area (Å²) in [5.41, 5.74) is 6.51. The Balaban J connectivity index is 2.32. The summed E-state index contributed by atoms with van der Waals surface area (Å²) in [5, 5.41) is 1.05. The van der Waals surface area contributed by atoms with Crippen molar-refractivity contribution in [2.24, 2.45) is 0 Å². The van der Waals surface area contributed by atoms with E-state index in [0.717, 1.165) is 22.4 Å². The highest BCUT2D eigenvalue weighted by molar-refractivity contribution is 7.98. The smallest absolute Gasteiger partial charge is 0.145 e. The first-order chi connectivity index (χ1) is 7.81. The molecule has 2 rings (SSSR count). The lowest BCUT2D eigenvalue weighted by molar-refractivity contribution is 0.347. The normalized spacial score (nSPS) is 10.6. The third kappa shape index (κ3) is 2.39. The number of benzene rings is 1. The Bertz CT molecular complexity index is 487. The second-order valence-corrected chi connectivity index (χ2v) is 4.39. The first-order valence-corrected chi connectivity index (χ1v) is 6.47. The molecule has 0 radical (unpaired) electrons. The summed E-state index contributed by atoms with van der Waals surface area (Å²) in [6, 6.07) is 9.65. The number of thioether (sulfide) groups is 1. The van der Waals surface area contributed by atoms with Crippen molar-refractivity contribution in [3.63, 3.8) is 0 Å². The SMILES string of the molecule is CSCCOc1cccc2ccc(N)nc12. The van der Waals surface area contributed by atoms with Crippen molar-refractivity contribution in [2.75, 3.05) is 24.3 Å².